The Kier molecular flexibility index (Phi) is 4.35. The third-order valence-corrected chi connectivity index (χ3v) is 3.42. The van der Waals surface area contributed by atoms with Gasteiger partial charge < -0.3 is 0 Å². The molecule has 21 heavy (non-hydrogen) atoms. The smallest absolute Gasteiger partial charge is 0.277 e. The Bertz CT molecular complexity index is 642. The van der Waals surface area contributed by atoms with E-state index in [-0.39, 0.29) is 11.1 Å². The highest BCUT2D eigenvalue weighted by Gasteiger charge is 2.15. The van der Waals surface area contributed by atoms with Gasteiger partial charge in [-0.15, -0.1) is 0 Å². The monoisotopic (exact) mass is 287 g/mol. The highest BCUT2D eigenvalue weighted by atomic mass is 16.2. The van der Waals surface area contributed by atoms with Gasteiger partial charge in [-0.2, -0.15) is 5.10 Å². The summed E-state index contributed by atoms with van der Waals surface area (Å²) in [5, 5.41) is 4.21. The van der Waals surface area contributed by atoms with Crippen molar-refractivity contribution in [2.75, 3.05) is 0 Å². The lowest BCUT2D eigenvalue weighted by Gasteiger charge is -2.16. The summed E-state index contributed by atoms with van der Waals surface area (Å²) in [5.41, 5.74) is 2.44. The zero-order chi connectivity index (χ0) is 15.6. The van der Waals surface area contributed by atoms with Crippen LogP contribution in [0.4, 0.5) is 0 Å². The Morgan fingerprint density at radius 1 is 1.14 bits per heavy atom. The lowest BCUT2D eigenvalue weighted by molar-refractivity contribution is 0.318. The molecule has 2 aromatic rings. The molecule has 0 saturated heterocycles. The number of hydrogen-bond acceptors (Lipinski definition) is 2. The van der Waals surface area contributed by atoms with Gasteiger partial charge in [0.1, 0.15) is 6.33 Å². The van der Waals surface area contributed by atoms with Crippen LogP contribution in [0, 0.1) is 5.41 Å². The Balaban J connectivity index is 2.15. The molecular weight excluding hydrogens is 262 g/mol. The fraction of sp³-hybridized carbons (Fsp3) is 0.529. The molecule has 0 aliphatic rings. The highest BCUT2D eigenvalue weighted by molar-refractivity contribution is 5.24. The van der Waals surface area contributed by atoms with Gasteiger partial charge in [-0.1, -0.05) is 58.9 Å². The molecule has 0 spiro atoms. The minimum absolute atomic E-state index is 0.0436. The van der Waals surface area contributed by atoms with Crippen molar-refractivity contribution in [3.8, 4) is 0 Å². The number of nitrogens with zero attached hydrogens (tertiary/aromatic N) is 3. The first-order chi connectivity index (χ1) is 9.76. The molecule has 0 amide bonds. The quantitative estimate of drug-likeness (QED) is 0.866. The van der Waals surface area contributed by atoms with Crippen LogP contribution in [0.1, 0.15) is 51.7 Å². The van der Waals surface area contributed by atoms with Crippen molar-refractivity contribution in [3.05, 3.63) is 52.2 Å². The maximum atomic E-state index is 12.3. The summed E-state index contributed by atoms with van der Waals surface area (Å²) in [4.78, 5) is 12.3. The van der Waals surface area contributed by atoms with E-state index in [2.05, 4.69) is 64.0 Å². The minimum atomic E-state index is -0.0436. The van der Waals surface area contributed by atoms with E-state index < -0.39 is 0 Å². The molecule has 1 aromatic heterocycles. The van der Waals surface area contributed by atoms with Crippen LogP contribution in [0.25, 0.3) is 0 Å². The zero-order valence-corrected chi connectivity index (χ0v) is 13.6. The Morgan fingerprint density at radius 2 is 1.76 bits per heavy atom. The third-order valence-electron chi connectivity index (χ3n) is 3.42. The van der Waals surface area contributed by atoms with Gasteiger partial charge in [0.05, 0.1) is 13.1 Å². The first kappa shape index (κ1) is 15.5. The van der Waals surface area contributed by atoms with E-state index in [4.69, 9.17) is 0 Å². The lowest BCUT2D eigenvalue weighted by Crippen LogP contribution is -2.29. The topological polar surface area (TPSA) is 39.8 Å². The Hall–Kier alpha value is -1.84. The van der Waals surface area contributed by atoms with Gasteiger partial charge in [0, 0.05) is 0 Å². The van der Waals surface area contributed by atoms with Crippen molar-refractivity contribution in [1.29, 1.82) is 0 Å². The molecule has 0 aliphatic carbocycles. The Morgan fingerprint density at radius 3 is 2.29 bits per heavy atom. The van der Waals surface area contributed by atoms with E-state index >= 15 is 0 Å². The largest absolute Gasteiger partial charge is 0.346 e. The summed E-state index contributed by atoms with van der Waals surface area (Å²) in [5.74, 6) is 0.524. The van der Waals surface area contributed by atoms with Crippen LogP contribution < -0.4 is 5.69 Å². The summed E-state index contributed by atoms with van der Waals surface area (Å²) >= 11 is 0. The van der Waals surface area contributed by atoms with Gasteiger partial charge in [-0.25, -0.2) is 9.48 Å². The van der Waals surface area contributed by atoms with Crippen LogP contribution in [0.15, 0.2) is 35.4 Å². The van der Waals surface area contributed by atoms with E-state index in [0.29, 0.717) is 19.0 Å². The van der Waals surface area contributed by atoms with Gasteiger partial charge in [-0.05, 0) is 22.5 Å². The maximum Gasteiger partial charge on any atom is 0.346 e. The molecule has 0 unspecified atom stereocenters. The summed E-state index contributed by atoms with van der Waals surface area (Å²) in [6.45, 7) is 11.9. The van der Waals surface area contributed by atoms with E-state index in [9.17, 15) is 4.79 Å². The number of benzene rings is 1. The van der Waals surface area contributed by atoms with Crippen molar-refractivity contribution in [1.82, 2.24) is 14.3 Å². The van der Waals surface area contributed by atoms with Gasteiger partial charge in [0.2, 0.25) is 0 Å². The van der Waals surface area contributed by atoms with Crippen LogP contribution in [0.2, 0.25) is 0 Å². The molecule has 0 radical (unpaired) electrons. The predicted molar refractivity (Wildman–Crippen MR) is 85.6 cm³/mol. The summed E-state index contributed by atoms with van der Waals surface area (Å²) in [6, 6.07) is 8.43. The number of hydrogen-bond donors (Lipinski definition) is 0. The van der Waals surface area contributed by atoms with Crippen LogP contribution in [-0.4, -0.2) is 14.3 Å². The van der Waals surface area contributed by atoms with Crippen molar-refractivity contribution >= 4 is 0 Å². The molecule has 114 valence electrons. The molecule has 2 rings (SSSR count). The van der Waals surface area contributed by atoms with E-state index in [1.54, 1.807) is 15.6 Å². The molecule has 0 aliphatic heterocycles. The van der Waals surface area contributed by atoms with Crippen molar-refractivity contribution in [2.24, 2.45) is 5.41 Å². The zero-order valence-electron chi connectivity index (χ0n) is 13.6. The minimum Gasteiger partial charge on any atom is -0.277 e. The van der Waals surface area contributed by atoms with E-state index in [1.165, 1.54) is 5.56 Å². The molecule has 4 heteroatoms. The standard InChI is InChI=1S/C17H25N3O/c1-13(2)15-8-6-14(7-9-15)10-19-12-18-20(16(19)21)11-17(3,4)5/h6-9,12-13H,10-11H2,1-5H3. The molecule has 4 nitrogen and oxygen atoms in total. The summed E-state index contributed by atoms with van der Waals surface area (Å²) < 4.78 is 3.21. The SMILES string of the molecule is CC(C)c1ccc(Cn2cnn(CC(C)(C)C)c2=O)cc1. The summed E-state index contributed by atoms with van der Waals surface area (Å²) in [6.07, 6.45) is 1.63. The lowest BCUT2D eigenvalue weighted by atomic mass is 9.97. The molecular formula is C17H25N3O. The van der Waals surface area contributed by atoms with Gasteiger partial charge in [0.15, 0.2) is 0 Å². The Labute approximate surface area is 126 Å². The van der Waals surface area contributed by atoms with Gasteiger partial charge in [-0.3, -0.25) is 4.57 Å². The van der Waals surface area contributed by atoms with Crippen LogP contribution in [0.3, 0.4) is 0 Å². The van der Waals surface area contributed by atoms with Crippen molar-refractivity contribution in [3.63, 3.8) is 0 Å². The van der Waals surface area contributed by atoms with E-state index in [1.807, 2.05) is 0 Å². The first-order valence-corrected chi connectivity index (χ1v) is 7.47. The molecule has 1 heterocycles. The average Bonchev–Trinajstić information content (AvgIpc) is 2.70. The molecule has 0 bridgehead atoms. The fourth-order valence-electron chi connectivity index (χ4n) is 2.24. The third kappa shape index (κ3) is 4.06. The molecule has 0 fully saturated rings. The molecule has 0 N–H and O–H groups in total. The number of aromatic nitrogens is 3. The second-order valence-corrected chi connectivity index (χ2v) is 7.16. The predicted octanol–water partition coefficient (Wildman–Crippen LogP) is 3.26. The average molecular weight is 287 g/mol. The summed E-state index contributed by atoms with van der Waals surface area (Å²) in [7, 11) is 0. The van der Waals surface area contributed by atoms with Crippen LogP contribution >= 0.6 is 0 Å². The number of rotatable bonds is 4. The van der Waals surface area contributed by atoms with Gasteiger partial charge >= 0.3 is 5.69 Å². The second-order valence-electron chi connectivity index (χ2n) is 7.16. The fourth-order valence-corrected chi connectivity index (χ4v) is 2.24. The second kappa shape index (κ2) is 5.88. The van der Waals surface area contributed by atoms with E-state index in [0.717, 1.165) is 5.56 Å². The van der Waals surface area contributed by atoms with Crippen molar-refractivity contribution in [2.45, 2.75) is 53.6 Å². The first-order valence-electron chi connectivity index (χ1n) is 7.47. The molecule has 0 saturated carbocycles. The molecule has 0 atom stereocenters. The van der Waals surface area contributed by atoms with Crippen LogP contribution in [0.5, 0.6) is 0 Å². The highest BCUT2D eigenvalue weighted by Crippen LogP contribution is 2.16. The van der Waals surface area contributed by atoms with Gasteiger partial charge in [0.25, 0.3) is 0 Å². The van der Waals surface area contributed by atoms with Crippen LogP contribution in [-0.2, 0) is 13.1 Å². The maximum absolute atomic E-state index is 12.3. The molecule has 1 aromatic carbocycles. The van der Waals surface area contributed by atoms with Crippen molar-refractivity contribution < 1.29 is 0 Å². The normalized spacial score (nSPS) is 12.1.